The number of carbonyl (C=O) groups excluding carboxylic acids is 1. The summed E-state index contributed by atoms with van der Waals surface area (Å²) in [5, 5.41) is 13.5. The number of hydrogen-bond donors (Lipinski definition) is 2. The minimum absolute atomic E-state index is 0.302. The first-order chi connectivity index (χ1) is 11.5. The van der Waals surface area contributed by atoms with Crippen molar-refractivity contribution in [3.63, 3.8) is 0 Å². The quantitative estimate of drug-likeness (QED) is 0.577. The zero-order valence-corrected chi connectivity index (χ0v) is 14.2. The number of aliphatic hydroxyl groups excluding tert-OH is 1. The molecule has 1 unspecified atom stereocenters. The van der Waals surface area contributed by atoms with Crippen molar-refractivity contribution in [2.45, 2.75) is 38.8 Å². The number of benzene rings is 2. The summed E-state index contributed by atoms with van der Waals surface area (Å²) in [7, 11) is 0. The molecule has 0 spiro atoms. The van der Waals surface area contributed by atoms with E-state index in [0.29, 0.717) is 18.3 Å². The fourth-order valence-electron chi connectivity index (χ4n) is 2.48. The van der Waals surface area contributed by atoms with Gasteiger partial charge in [0, 0.05) is 19.5 Å². The number of carbonyl (C=O) groups is 1. The molecule has 128 valence electrons. The lowest BCUT2D eigenvalue weighted by atomic mass is 10.1. The molecule has 2 aromatic rings. The fraction of sp³-hybridized carbons (Fsp3) is 0.350. The summed E-state index contributed by atoms with van der Waals surface area (Å²) in [5.74, 6) is 0.265. The topological polar surface area (TPSA) is 58.6 Å². The largest absolute Gasteiger partial charge is 0.427 e. The highest BCUT2D eigenvalue weighted by Gasteiger charge is 2.09. The van der Waals surface area contributed by atoms with Crippen LogP contribution in [-0.2, 0) is 11.2 Å². The average Bonchev–Trinajstić information content (AvgIpc) is 2.59. The number of nitrogens with one attached hydrogen (secondary N) is 1. The molecule has 2 rings (SSSR count). The van der Waals surface area contributed by atoms with Crippen LogP contribution >= 0.6 is 0 Å². The summed E-state index contributed by atoms with van der Waals surface area (Å²) in [4.78, 5) is 10.9. The van der Waals surface area contributed by atoms with Crippen molar-refractivity contribution >= 4 is 5.97 Å². The molecule has 0 saturated heterocycles. The van der Waals surface area contributed by atoms with Crippen LogP contribution in [0.25, 0.3) is 0 Å². The molecule has 0 amide bonds. The van der Waals surface area contributed by atoms with Crippen molar-refractivity contribution in [2.75, 3.05) is 6.54 Å². The van der Waals surface area contributed by atoms with E-state index >= 15 is 0 Å². The first-order valence-corrected chi connectivity index (χ1v) is 8.28. The third-order valence-corrected chi connectivity index (χ3v) is 3.89. The van der Waals surface area contributed by atoms with Crippen molar-refractivity contribution in [3.8, 4) is 5.75 Å². The minimum Gasteiger partial charge on any atom is -0.427 e. The summed E-state index contributed by atoms with van der Waals surface area (Å²) in [6, 6.07) is 17.6. The van der Waals surface area contributed by atoms with Crippen LogP contribution in [0.15, 0.2) is 54.6 Å². The Hall–Kier alpha value is -2.17. The molecule has 0 radical (unpaired) electrons. The van der Waals surface area contributed by atoms with E-state index in [1.807, 2.05) is 54.6 Å². The van der Waals surface area contributed by atoms with Crippen LogP contribution in [0.2, 0.25) is 0 Å². The van der Waals surface area contributed by atoms with Crippen LogP contribution < -0.4 is 10.1 Å². The lowest BCUT2D eigenvalue weighted by Crippen LogP contribution is -2.30. The number of aryl methyl sites for hydroxylation is 1. The molecular formula is C20H25NO3. The van der Waals surface area contributed by atoms with Crippen molar-refractivity contribution in [3.05, 3.63) is 65.7 Å². The highest BCUT2D eigenvalue weighted by Crippen LogP contribution is 2.15. The van der Waals surface area contributed by atoms with Gasteiger partial charge in [-0.1, -0.05) is 42.5 Å². The van der Waals surface area contributed by atoms with Crippen LogP contribution in [0.1, 0.15) is 37.5 Å². The maximum absolute atomic E-state index is 10.9. The fourth-order valence-corrected chi connectivity index (χ4v) is 2.48. The van der Waals surface area contributed by atoms with Gasteiger partial charge in [0.05, 0.1) is 6.10 Å². The minimum atomic E-state index is -0.489. The van der Waals surface area contributed by atoms with Gasteiger partial charge in [0.1, 0.15) is 5.75 Å². The molecule has 24 heavy (non-hydrogen) atoms. The van der Waals surface area contributed by atoms with Gasteiger partial charge in [-0.3, -0.25) is 4.79 Å². The van der Waals surface area contributed by atoms with E-state index in [1.165, 1.54) is 12.5 Å². The first-order valence-electron chi connectivity index (χ1n) is 8.28. The van der Waals surface area contributed by atoms with E-state index in [2.05, 4.69) is 12.2 Å². The molecule has 0 aliphatic carbocycles. The zero-order chi connectivity index (χ0) is 17.4. The van der Waals surface area contributed by atoms with E-state index in [-0.39, 0.29) is 5.97 Å². The van der Waals surface area contributed by atoms with E-state index in [9.17, 15) is 9.90 Å². The molecule has 0 bridgehead atoms. The van der Waals surface area contributed by atoms with Crippen LogP contribution in [-0.4, -0.2) is 23.7 Å². The zero-order valence-electron chi connectivity index (χ0n) is 14.2. The van der Waals surface area contributed by atoms with Gasteiger partial charge >= 0.3 is 5.97 Å². The van der Waals surface area contributed by atoms with Gasteiger partial charge in [0.15, 0.2) is 0 Å². The van der Waals surface area contributed by atoms with Crippen LogP contribution in [0, 0.1) is 0 Å². The lowest BCUT2D eigenvalue weighted by Gasteiger charge is -2.17. The molecule has 0 aromatic heterocycles. The molecule has 0 aliphatic rings. The normalized spacial score (nSPS) is 13.3. The molecule has 4 nitrogen and oxygen atoms in total. The molecule has 0 fully saturated rings. The maximum Gasteiger partial charge on any atom is 0.308 e. The Bertz CT molecular complexity index is 625. The Labute approximate surface area is 143 Å². The number of ether oxygens (including phenoxy) is 1. The monoisotopic (exact) mass is 327 g/mol. The molecule has 0 saturated carbocycles. The van der Waals surface area contributed by atoms with Gasteiger partial charge in [-0.15, -0.1) is 0 Å². The van der Waals surface area contributed by atoms with Gasteiger partial charge in [-0.25, -0.2) is 0 Å². The van der Waals surface area contributed by atoms with Crippen molar-refractivity contribution in [1.29, 1.82) is 0 Å². The van der Waals surface area contributed by atoms with Gasteiger partial charge in [0.2, 0.25) is 0 Å². The number of esters is 1. The van der Waals surface area contributed by atoms with E-state index in [1.54, 1.807) is 0 Å². The molecule has 2 aromatic carbocycles. The Morgan fingerprint density at radius 2 is 1.79 bits per heavy atom. The first kappa shape index (κ1) is 18.2. The summed E-state index contributed by atoms with van der Waals surface area (Å²) in [6.07, 6.45) is 1.40. The van der Waals surface area contributed by atoms with Crippen LogP contribution in [0.3, 0.4) is 0 Å². The highest BCUT2D eigenvalue weighted by atomic mass is 16.5. The molecule has 0 aliphatic heterocycles. The smallest absolute Gasteiger partial charge is 0.308 e. The SMILES string of the molecule is CC(=O)Oc1ccc(CC[C@@H](C)NCC(O)c2ccccc2)cc1. The number of aliphatic hydroxyl groups is 1. The Kier molecular flexibility index (Phi) is 6.97. The Morgan fingerprint density at radius 1 is 1.12 bits per heavy atom. The van der Waals surface area contributed by atoms with Crippen molar-refractivity contribution in [2.24, 2.45) is 0 Å². The molecule has 2 N–H and O–H groups in total. The van der Waals surface area contributed by atoms with E-state index < -0.39 is 6.10 Å². The lowest BCUT2D eigenvalue weighted by molar-refractivity contribution is -0.131. The Morgan fingerprint density at radius 3 is 2.42 bits per heavy atom. The molecule has 0 heterocycles. The van der Waals surface area contributed by atoms with Gasteiger partial charge in [0.25, 0.3) is 0 Å². The summed E-state index contributed by atoms with van der Waals surface area (Å²) < 4.78 is 5.02. The van der Waals surface area contributed by atoms with Crippen LogP contribution in [0.4, 0.5) is 0 Å². The van der Waals surface area contributed by atoms with Crippen molar-refractivity contribution < 1.29 is 14.6 Å². The maximum atomic E-state index is 10.9. The molecular weight excluding hydrogens is 302 g/mol. The van der Waals surface area contributed by atoms with Crippen LogP contribution in [0.5, 0.6) is 5.75 Å². The second-order valence-corrected chi connectivity index (χ2v) is 6.01. The predicted molar refractivity (Wildman–Crippen MR) is 94.9 cm³/mol. The van der Waals surface area contributed by atoms with Gasteiger partial charge in [-0.2, -0.15) is 0 Å². The average molecular weight is 327 g/mol. The van der Waals surface area contributed by atoms with E-state index in [4.69, 9.17) is 4.74 Å². The summed E-state index contributed by atoms with van der Waals surface area (Å²) >= 11 is 0. The Balaban J connectivity index is 1.72. The highest BCUT2D eigenvalue weighted by molar-refractivity contribution is 5.69. The second-order valence-electron chi connectivity index (χ2n) is 6.01. The third-order valence-electron chi connectivity index (χ3n) is 3.89. The molecule has 2 atom stereocenters. The van der Waals surface area contributed by atoms with Gasteiger partial charge in [-0.05, 0) is 43.0 Å². The summed E-state index contributed by atoms with van der Waals surface area (Å²) in [5.41, 5.74) is 2.13. The molecule has 4 heteroatoms. The van der Waals surface area contributed by atoms with Gasteiger partial charge < -0.3 is 15.2 Å². The number of rotatable bonds is 8. The predicted octanol–water partition coefficient (Wildman–Crippen LogP) is 3.26. The standard InChI is InChI=1S/C20H25NO3/c1-15(21-14-20(23)18-6-4-3-5-7-18)8-9-17-10-12-19(13-11-17)24-16(2)22/h3-7,10-13,15,20-21,23H,8-9,14H2,1-2H3/t15-,20?/m1/s1. The number of hydrogen-bond acceptors (Lipinski definition) is 4. The second kappa shape index (κ2) is 9.21. The van der Waals surface area contributed by atoms with Crippen molar-refractivity contribution in [1.82, 2.24) is 5.32 Å². The third kappa shape index (κ3) is 6.14. The van der Waals surface area contributed by atoms with E-state index in [0.717, 1.165) is 18.4 Å². The summed E-state index contributed by atoms with van der Waals surface area (Å²) in [6.45, 7) is 4.05.